The summed E-state index contributed by atoms with van der Waals surface area (Å²) < 4.78 is 0. The van der Waals surface area contributed by atoms with Crippen molar-refractivity contribution in [2.45, 2.75) is 59.3 Å². The Labute approximate surface area is 308 Å². The molecule has 3 fully saturated rings. The van der Waals surface area contributed by atoms with Crippen LogP contribution in [0.5, 0.6) is 0 Å². The number of amides is 9. The molecule has 0 saturated carbocycles. The molecule has 0 radical (unpaired) electrons. The highest BCUT2D eigenvalue weighted by Gasteiger charge is 2.34. The molecule has 282 valence electrons. The Bertz CT molecular complexity index is 1920. The van der Waals surface area contributed by atoms with Crippen molar-refractivity contribution in [3.05, 3.63) is 89.5 Å². The summed E-state index contributed by atoms with van der Waals surface area (Å²) in [5.41, 5.74) is 4.53. The summed E-state index contributed by atoms with van der Waals surface area (Å²) in [4.78, 5) is 116. The van der Waals surface area contributed by atoms with Crippen LogP contribution in [0.1, 0.15) is 55.2 Å². The van der Waals surface area contributed by atoms with Crippen molar-refractivity contribution in [3.8, 4) is 0 Å². The first-order valence-electron chi connectivity index (χ1n) is 16.4. The minimum absolute atomic E-state index is 0.0798. The summed E-state index contributed by atoms with van der Waals surface area (Å²) in [5, 5.41) is 8.86. The summed E-state index contributed by atoms with van der Waals surface area (Å²) in [6, 6.07) is 21.2. The van der Waals surface area contributed by atoms with Gasteiger partial charge in [-0.25, -0.2) is 14.4 Å². The Morgan fingerprint density at radius 1 is 0.463 bits per heavy atom. The predicted molar refractivity (Wildman–Crippen MR) is 187 cm³/mol. The molecule has 9 amide bonds. The third-order valence-electron chi connectivity index (χ3n) is 7.48. The lowest BCUT2D eigenvalue weighted by atomic mass is 10.2. The first kappa shape index (κ1) is 39.7. The molecule has 3 aliphatic rings. The van der Waals surface area contributed by atoms with Gasteiger partial charge in [-0.15, -0.1) is 15.2 Å². The normalized spacial score (nSPS) is 14.8. The maximum atomic E-state index is 11.5. The fraction of sp³-hybridized carbons (Fsp3) is 0.250. The molecular formula is C36H36N6O12. The molecule has 3 aromatic rings. The van der Waals surface area contributed by atoms with Gasteiger partial charge in [0.1, 0.15) is 0 Å². The molecule has 6 rings (SSSR count). The Hall–Kier alpha value is -7.11. The maximum Gasteiger partial charge on any atom is 0.436 e. The molecule has 3 heterocycles. The van der Waals surface area contributed by atoms with E-state index in [0.29, 0.717) is 32.3 Å². The van der Waals surface area contributed by atoms with Crippen LogP contribution in [0, 0.1) is 20.8 Å². The summed E-state index contributed by atoms with van der Waals surface area (Å²) in [5.74, 6) is -3.00. The lowest BCUT2D eigenvalue weighted by molar-refractivity contribution is -0.171. The number of para-hydroxylation sites is 1. The van der Waals surface area contributed by atoms with Gasteiger partial charge in [0, 0.05) is 55.6 Å². The van der Waals surface area contributed by atoms with Crippen molar-refractivity contribution in [2.75, 3.05) is 16.0 Å². The van der Waals surface area contributed by atoms with E-state index in [-0.39, 0.29) is 38.5 Å². The minimum atomic E-state index is -0.859. The Kier molecular flexibility index (Phi) is 13.5. The van der Waals surface area contributed by atoms with E-state index in [1.807, 2.05) is 51.1 Å². The highest BCUT2D eigenvalue weighted by molar-refractivity contribution is 6.03. The highest BCUT2D eigenvalue weighted by atomic mass is 16.7. The van der Waals surface area contributed by atoms with Gasteiger partial charge >= 0.3 is 18.3 Å². The quantitative estimate of drug-likeness (QED) is 0.289. The molecule has 0 atom stereocenters. The molecule has 0 bridgehead atoms. The van der Waals surface area contributed by atoms with Crippen LogP contribution in [-0.2, 0) is 43.3 Å². The molecular weight excluding hydrogens is 708 g/mol. The van der Waals surface area contributed by atoms with Crippen LogP contribution in [0.2, 0.25) is 0 Å². The van der Waals surface area contributed by atoms with Gasteiger partial charge in [-0.3, -0.25) is 44.7 Å². The number of anilines is 3. The van der Waals surface area contributed by atoms with Crippen molar-refractivity contribution in [1.82, 2.24) is 15.2 Å². The van der Waals surface area contributed by atoms with E-state index < -0.39 is 53.7 Å². The van der Waals surface area contributed by atoms with Gasteiger partial charge in [-0.05, 0) is 62.2 Å². The first-order valence-corrected chi connectivity index (χ1v) is 16.4. The standard InChI is InChI=1S/3C12H12N2O4/c1-8-2-4-9(5-3-8)13-12(17)18-14-10(15)6-7-11(14)16;1-8-3-2-4-9(7-8)13-12(17)18-14-10(15)5-6-11(14)16;1-8-4-2-3-5-9(8)13-12(17)18-14-10(15)6-7-11(14)16/h2-5H,6-7H2,1H3,(H,13,17);2-4,7H,5-6H2,1H3,(H,13,17);2-5H,6-7H2,1H3,(H,13,17). The SMILES string of the molecule is Cc1ccc(NC(=O)ON2C(=O)CCC2=O)cc1.Cc1cccc(NC(=O)ON2C(=O)CCC2=O)c1.Cc1ccccc1NC(=O)ON1C(=O)CCC1=O. The third kappa shape index (κ3) is 11.5. The number of carbonyl (C=O) groups excluding carboxylic acids is 9. The van der Waals surface area contributed by atoms with Gasteiger partial charge in [0.05, 0.1) is 0 Å². The molecule has 3 saturated heterocycles. The molecule has 18 heteroatoms. The molecule has 0 unspecified atom stereocenters. The van der Waals surface area contributed by atoms with Gasteiger partial charge < -0.3 is 14.5 Å². The van der Waals surface area contributed by atoms with Crippen molar-refractivity contribution in [1.29, 1.82) is 0 Å². The van der Waals surface area contributed by atoms with Crippen molar-refractivity contribution in [2.24, 2.45) is 0 Å². The predicted octanol–water partition coefficient (Wildman–Crippen LogP) is 4.82. The Morgan fingerprint density at radius 2 is 0.870 bits per heavy atom. The molecule has 0 spiro atoms. The highest BCUT2D eigenvalue weighted by Crippen LogP contribution is 2.18. The van der Waals surface area contributed by atoms with Crippen molar-refractivity contribution >= 4 is 70.8 Å². The van der Waals surface area contributed by atoms with Gasteiger partial charge in [-0.2, -0.15) is 0 Å². The number of carbonyl (C=O) groups is 9. The fourth-order valence-electron chi connectivity index (χ4n) is 4.71. The average Bonchev–Trinajstić information content (AvgIpc) is 3.74. The zero-order chi connectivity index (χ0) is 39.4. The molecule has 3 aliphatic heterocycles. The molecule has 3 N–H and O–H groups in total. The van der Waals surface area contributed by atoms with Crippen molar-refractivity contribution < 1.29 is 57.7 Å². The molecule has 0 aromatic heterocycles. The number of hydrogen-bond donors (Lipinski definition) is 3. The van der Waals surface area contributed by atoms with Crippen LogP contribution >= 0.6 is 0 Å². The number of rotatable bonds is 6. The number of aryl methyl sites for hydroxylation is 3. The second kappa shape index (κ2) is 18.4. The summed E-state index contributed by atoms with van der Waals surface area (Å²) in [7, 11) is 0. The van der Waals surface area contributed by atoms with Gasteiger partial charge in [0.25, 0.3) is 35.4 Å². The van der Waals surface area contributed by atoms with Crippen LogP contribution in [0.3, 0.4) is 0 Å². The van der Waals surface area contributed by atoms with E-state index in [4.69, 9.17) is 0 Å². The Morgan fingerprint density at radius 3 is 1.30 bits per heavy atom. The number of hydroxylamine groups is 6. The fourth-order valence-corrected chi connectivity index (χ4v) is 4.71. The number of nitrogens with one attached hydrogen (secondary N) is 3. The number of nitrogens with zero attached hydrogens (tertiary/aromatic N) is 3. The second-order valence-electron chi connectivity index (χ2n) is 11.8. The molecule has 54 heavy (non-hydrogen) atoms. The van der Waals surface area contributed by atoms with E-state index >= 15 is 0 Å². The topological polar surface area (TPSA) is 227 Å². The van der Waals surface area contributed by atoms with Crippen LogP contribution in [0.25, 0.3) is 0 Å². The van der Waals surface area contributed by atoms with E-state index in [9.17, 15) is 43.2 Å². The minimum Gasteiger partial charge on any atom is -0.311 e. The molecule has 3 aromatic carbocycles. The average molecular weight is 745 g/mol. The van der Waals surface area contributed by atoms with E-state index in [1.165, 1.54) is 0 Å². The zero-order valence-corrected chi connectivity index (χ0v) is 29.4. The lowest BCUT2D eigenvalue weighted by Gasteiger charge is -2.13. The molecule has 18 nitrogen and oxygen atoms in total. The first-order chi connectivity index (χ1) is 25.7. The van der Waals surface area contributed by atoms with E-state index in [2.05, 4.69) is 30.5 Å². The summed E-state index contributed by atoms with van der Waals surface area (Å²) >= 11 is 0. The lowest BCUT2D eigenvalue weighted by Crippen LogP contribution is -2.34. The van der Waals surface area contributed by atoms with E-state index in [1.54, 1.807) is 42.5 Å². The zero-order valence-electron chi connectivity index (χ0n) is 29.4. The monoisotopic (exact) mass is 744 g/mol. The summed E-state index contributed by atoms with van der Waals surface area (Å²) in [6.07, 6.45) is -2.09. The van der Waals surface area contributed by atoms with Crippen LogP contribution < -0.4 is 16.0 Å². The van der Waals surface area contributed by atoms with Gasteiger partial charge in [0.2, 0.25) is 0 Å². The van der Waals surface area contributed by atoms with Gasteiger partial charge in [-0.1, -0.05) is 48.0 Å². The second-order valence-corrected chi connectivity index (χ2v) is 11.8. The smallest absolute Gasteiger partial charge is 0.311 e. The van der Waals surface area contributed by atoms with E-state index in [0.717, 1.165) is 16.7 Å². The number of benzene rings is 3. The van der Waals surface area contributed by atoms with Gasteiger partial charge in [0.15, 0.2) is 0 Å². The third-order valence-corrected chi connectivity index (χ3v) is 7.48. The Balaban J connectivity index is 0.000000180. The maximum absolute atomic E-state index is 11.5. The van der Waals surface area contributed by atoms with Crippen LogP contribution in [0.4, 0.5) is 31.4 Å². The van der Waals surface area contributed by atoms with Crippen molar-refractivity contribution in [3.63, 3.8) is 0 Å². The number of hydrogen-bond acceptors (Lipinski definition) is 12. The van der Waals surface area contributed by atoms with Crippen LogP contribution in [-0.4, -0.2) is 68.9 Å². The number of imide groups is 3. The molecule has 0 aliphatic carbocycles. The largest absolute Gasteiger partial charge is 0.436 e. The summed E-state index contributed by atoms with van der Waals surface area (Å²) in [6.45, 7) is 5.62. The van der Waals surface area contributed by atoms with Crippen LogP contribution in [0.15, 0.2) is 72.8 Å².